The second-order valence-electron chi connectivity index (χ2n) is 6.76. The molecule has 0 bridgehead atoms. The molecule has 25 heavy (non-hydrogen) atoms. The van der Waals surface area contributed by atoms with Gasteiger partial charge in [0.15, 0.2) is 11.5 Å². The number of hydrogen-bond donors (Lipinski definition) is 1. The summed E-state index contributed by atoms with van der Waals surface area (Å²) in [4.78, 5) is 0. The van der Waals surface area contributed by atoms with Crippen LogP contribution >= 0.6 is 11.6 Å². The Bertz CT molecular complexity index is 684. The fourth-order valence-electron chi connectivity index (χ4n) is 3.37. The van der Waals surface area contributed by atoms with Crippen LogP contribution < -0.4 is 14.8 Å². The molecular weight excluding hydrogens is 334 g/mol. The molecule has 4 heteroatoms. The van der Waals surface area contributed by atoms with Gasteiger partial charge in [-0.1, -0.05) is 41.9 Å². The van der Waals surface area contributed by atoms with Gasteiger partial charge in [-0.15, -0.1) is 0 Å². The molecule has 0 radical (unpaired) electrons. The van der Waals surface area contributed by atoms with Crippen LogP contribution in [0.2, 0.25) is 5.02 Å². The molecule has 0 amide bonds. The van der Waals surface area contributed by atoms with Crippen molar-refractivity contribution in [3.05, 3.63) is 58.6 Å². The molecule has 134 valence electrons. The van der Waals surface area contributed by atoms with Crippen molar-refractivity contribution in [3.8, 4) is 11.5 Å². The summed E-state index contributed by atoms with van der Waals surface area (Å²) in [7, 11) is 1.69. The Balaban J connectivity index is 1.69. The minimum absolute atomic E-state index is 0.292. The van der Waals surface area contributed by atoms with Crippen molar-refractivity contribution in [1.82, 2.24) is 0 Å². The summed E-state index contributed by atoms with van der Waals surface area (Å²) < 4.78 is 11.7. The largest absolute Gasteiger partial charge is 0.493 e. The zero-order valence-corrected chi connectivity index (χ0v) is 15.8. The monoisotopic (exact) mass is 360 g/mol. The molecule has 0 aliphatic heterocycles. The highest BCUT2D eigenvalue weighted by atomic mass is 35.5. The van der Waals surface area contributed by atoms with Gasteiger partial charge in [-0.2, -0.15) is 0 Å². The molecule has 0 unspecified atom stereocenters. The first-order chi connectivity index (χ1) is 12.2. The lowest BCUT2D eigenvalue weighted by atomic mass is 10.1. The molecule has 1 atom stereocenters. The molecule has 0 heterocycles. The first kappa shape index (κ1) is 18.1. The summed E-state index contributed by atoms with van der Waals surface area (Å²) >= 11 is 6.52. The van der Waals surface area contributed by atoms with Gasteiger partial charge >= 0.3 is 0 Å². The molecule has 0 aromatic heterocycles. The predicted molar refractivity (Wildman–Crippen MR) is 101 cm³/mol. The van der Waals surface area contributed by atoms with Gasteiger partial charge in [0.05, 0.1) is 18.2 Å². The van der Waals surface area contributed by atoms with Crippen LogP contribution in [0, 0.1) is 0 Å². The van der Waals surface area contributed by atoms with E-state index >= 15 is 0 Å². The van der Waals surface area contributed by atoms with E-state index in [1.807, 2.05) is 18.2 Å². The van der Waals surface area contributed by atoms with Crippen LogP contribution in [-0.4, -0.2) is 13.2 Å². The van der Waals surface area contributed by atoms with Crippen molar-refractivity contribution in [2.75, 3.05) is 7.11 Å². The maximum atomic E-state index is 6.52. The predicted octanol–water partition coefficient (Wildman–Crippen LogP) is 4.49. The third-order valence-electron chi connectivity index (χ3n) is 4.95. The highest BCUT2D eigenvalue weighted by Gasteiger charge is 2.20. The zero-order chi connectivity index (χ0) is 17.6. The molecule has 2 aromatic carbocycles. The third-order valence-corrected chi connectivity index (χ3v) is 5.30. The van der Waals surface area contributed by atoms with Gasteiger partial charge in [0.25, 0.3) is 0 Å². The molecular formula is C21H27ClNO2+. The number of quaternary nitrogens is 1. The lowest BCUT2D eigenvalue weighted by Gasteiger charge is -2.18. The second-order valence-corrected chi connectivity index (χ2v) is 7.17. The Morgan fingerprint density at radius 3 is 2.52 bits per heavy atom. The van der Waals surface area contributed by atoms with E-state index in [1.54, 1.807) is 7.11 Å². The minimum Gasteiger partial charge on any atom is -0.493 e. The summed E-state index contributed by atoms with van der Waals surface area (Å²) in [5.74, 6) is 1.53. The Morgan fingerprint density at radius 2 is 1.84 bits per heavy atom. The SMILES string of the molecule is COc1cc(C[NH2+][C@H](C)c2ccccc2)c(Cl)cc1OC1CCCC1. The zero-order valence-electron chi connectivity index (χ0n) is 15.0. The van der Waals surface area contributed by atoms with E-state index in [2.05, 4.69) is 36.5 Å². The minimum atomic E-state index is 0.292. The van der Waals surface area contributed by atoms with Crippen LogP contribution in [0.5, 0.6) is 11.5 Å². The van der Waals surface area contributed by atoms with Crippen LogP contribution in [0.1, 0.15) is 49.8 Å². The highest BCUT2D eigenvalue weighted by molar-refractivity contribution is 6.31. The van der Waals surface area contributed by atoms with E-state index in [-0.39, 0.29) is 0 Å². The van der Waals surface area contributed by atoms with E-state index in [9.17, 15) is 0 Å². The molecule has 1 aliphatic carbocycles. The summed E-state index contributed by atoms with van der Waals surface area (Å²) in [6, 6.07) is 14.8. The van der Waals surface area contributed by atoms with E-state index in [4.69, 9.17) is 21.1 Å². The van der Waals surface area contributed by atoms with Crippen LogP contribution in [-0.2, 0) is 6.54 Å². The van der Waals surface area contributed by atoms with Crippen molar-refractivity contribution >= 4 is 11.6 Å². The molecule has 2 N–H and O–H groups in total. The van der Waals surface area contributed by atoms with Crippen molar-refractivity contribution in [2.45, 2.75) is 51.3 Å². The number of halogens is 1. The fraction of sp³-hybridized carbons (Fsp3) is 0.429. The number of nitrogens with two attached hydrogens (primary N) is 1. The van der Waals surface area contributed by atoms with Crippen molar-refractivity contribution < 1.29 is 14.8 Å². The average molecular weight is 361 g/mol. The summed E-state index contributed by atoms with van der Waals surface area (Å²) in [6.07, 6.45) is 5.01. The van der Waals surface area contributed by atoms with Gasteiger partial charge in [0.2, 0.25) is 0 Å². The molecule has 1 saturated carbocycles. The topological polar surface area (TPSA) is 35.1 Å². The van der Waals surface area contributed by atoms with Gasteiger partial charge in [-0.25, -0.2) is 0 Å². The first-order valence-corrected chi connectivity index (χ1v) is 9.46. The molecule has 1 fully saturated rings. The van der Waals surface area contributed by atoms with E-state index in [0.29, 0.717) is 12.1 Å². The van der Waals surface area contributed by atoms with Crippen LogP contribution in [0.3, 0.4) is 0 Å². The van der Waals surface area contributed by atoms with Crippen molar-refractivity contribution in [1.29, 1.82) is 0 Å². The Hall–Kier alpha value is -1.71. The maximum Gasteiger partial charge on any atom is 0.163 e. The van der Waals surface area contributed by atoms with Gasteiger partial charge in [0.1, 0.15) is 12.6 Å². The normalized spacial score (nSPS) is 16.0. The van der Waals surface area contributed by atoms with Gasteiger partial charge in [-0.05, 0) is 38.7 Å². The van der Waals surface area contributed by atoms with Crippen molar-refractivity contribution in [3.63, 3.8) is 0 Å². The standard InChI is InChI=1S/C21H26ClNO2/c1-15(16-8-4-3-5-9-16)23-14-17-12-20(24-2)21(13-19(17)22)25-18-10-6-7-11-18/h3-5,8-9,12-13,15,18,23H,6-7,10-11,14H2,1-2H3/p+1/t15-/m1/s1. The first-order valence-electron chi connectivity index (χ1n) is 9.08. The Morgan fingerprint density at radius 1 is 1.12 bits per heavy atom. The van der Waals surface area contributed by atoms with Gasteiger partial charge in [-0.3, -0.25) is 0 Å². The molecule has 3 nitrogen and oxygen atoms in total. The molecule has 0 spiro atoms. The molecule has 3 rings (SSSR count). The highest BCUT2D eigenvalue weighted by Crippen LogP contribution is 2.35. The summed E-state index contributed by atoms with van der Waals surface area (Å²) in [5, 5.41) is 3.03. The van der Waals surface area contributed by atoms with Crippen molar-refractivity contribution in [2.24, 2.45) is 0 Å². The third kappa shape index (κ3) is 4.68. The molecule has 0 saturated heterocycles. The van der Waals surface area contributed by atoms with E-state index in [0.717, 1.165) is 41.5 Å². The Kier molecular flexibility index (Phi) is 6.22. The Labute approximate surface area is 155 Å². The quantitative estimate of drug-likeness (QED) is 0.789. The second kappa shape index (κ2) is 8.59. The van der Waals surface area contributed by atoms with Crippen LogP contribution in [0.4, 0.5) is 0 Å². The number of benzene rings is 2. The smallest absolute Gasteiger partial charge is 0.163 e. The van der Waals surface area contributed by atoms with E-state index < -0.39 is 0 Å². The van der Waals surface area contributed by atoms with Gasteiger partial charge < -0.3 is 14.8 Å². The fourth-order valence-corrected chi connectivity index (χ4v) is 3.60. The van der Waals surface area contributed by atoms with Crippen LogP contribution in [0.15, 0.2) is 42.5 Å². The lowest BCUT2D eigenvalue weighted by Crippen LogP contribution is -2.83. The summed E-state index contributed by atoms with van der Waals surface area (Å²) in [5.41, 5.74) is 2.38. The number of hydrogen-bond acceptors (Lipinski definition) is 2. The number of ether oxygens (including phenoxy) is 2. The van der Waals surface area contributed by atoms with Crippen LogP contribution in [0.25, 0.3) is 0 Å². The molecule has 1 aliphatic rings. The average Bonchev–Trinajstić information content (AvgIpc) is 3.14. The number of rotatable bonds is 7. The van der Waals surface area contributed by atoms with E-state index in [1.165, 1.54) is 18.4 Å². The van der Waals surface area contributed by atoms with Gasteiger partial charge in [0, 0.05) is 17.2 Å². The lowest BCUT2D eigenvalue weighted by molar-refractivity contribution is -0.707. The maximum absolute atomic E-state index is 6.52. The number of methoxy groups -OCH3 is 1. The summed E-state index contributed by atoms with van der Waals surface area (Å²) in [6.45, 7) is 3.01. The molecule has 2 aromatic rings.